The van der Waals surface area contributed by atoms with Gasteiger partial charge in [0.2, 0.25) is 0 Å². The molecule has 3 rings (SSSR count). The summed E-state index contributed by atoms with van der Waals surface area (Å²) < 4.78 is 1.09. The van der Waals surface area contributed by atoms with Gasteiger partial charge in [0.05, 0.1) is 12.1 Å². The van der Waals surface area contributed by atoms with Crippen LogP contribution in [0.4, 0.5) is 0 Å². The lowest BCUT2D eigenvalue weighted by atomic mass is 10.0. The van der Waals surface area contributed by atoms with Crippen LogP contribution in [0.25, 0.3) is 0 Å². The van der Waals surface area contributed by atoms with Crippen LogP contribution in [0.2, 0.25) is 5.15 Å². The zero-order valence-corrected chi connectivity index (χ0v) is 12.7. The molecule has 1 aliphatic rings. The van der Waals surface area contributed by atoms with Crippen LogP contribution in [0.3, 0.4) is 0 Å². The zero-order chi connectivity index (χ0) is 15.0. The van der Waals surface area contributed by atoms with Crippen LogP contribution >= 0.6 is 22.9 Å². The maximum Gasteiger partial charge on any atom is 0.329 e. The Morgan fingerprint density at radius 3 is 2.57 bits per heavy atom. The van der Waals surface area contributed by atoms with E-state index in [-0.39, 0.29) is 28.0 Å². The summed E-state index contributed by atoms with van der Waals surface area (Å²) in [6.07, 6.45) is 3.96. The number of halogens is 1. The number of H-pyrrole nitrogens is 2. The minimum absolute atomic E-state index is 0.0454. The topological polar surface area (TPSA) is 87.7 Å². The van der Waals surface area contributed by atoms with Crippen LogP contribution in [0.15, 0.2) is 19.8 Å². The van der Waals surface area contributed by atoms with Gasteiger partial charge in [0.15, 0.2) is 0 Å². The average molecular weight is 328 g/mol. The SMILES string of the molecule is O=c1[nH]c(Cn2c(=O)[nH]c(Cl)c(C3CCCC3)c2=O)cs1. The Kier molecular flexibility index (Phi) is 3.86. The third kappa shape index (κ3) is 2.75. The predicted molar refractivity (Wildman–Crippen MR) is 81.6 cm³/mol. The molecule has 0 atom stereocenters. The number of nitrogens with one attached hydrogen (secondary N) is 2. The van der Waals surface area contributed by atoms with E-state index < -0.39 is 5.69 Å². The van der Waals surface area contributed by atoms with E-state index in [1.807, 2.05) is 0 Å². The molecule has 0 unspecified atom stereocenters. The molecule has 6 nitrogen and oxygen atoms in total. The Hall–Kier alpha value is -1.60. The van der Waals surface area contributed by atoms with E-state index >= 15 is 0 Å². The maximum absolute atomic E-state index is 12.6. The van der Waals surface area contributed by atoms with Gasteiger partial charge >= 0.3 is 10.6 Å². The quantitative estimate of drug-likeness (QED) is 0.840. The van der Waals surface area contributed by atoms with Gasteiger partial charge in [0, 0.05) is 11.1 Å². The van der Waals surface area contributed by atoms with Crippen molar-refractivity contribution in [3.63, 3.8) is 0 Å². The van der Waals surface area contributed by atoms with Crippen molar-refractivity contribution < 1.29 is 0 Å². The molecule has 2 N–H and O–H groups in total. The van der Waals surface area contributed by atoms with Crippen LogP contribution in [0.1, 0.15) is 42.9 Å². The lowest BCUT2D eigenvalue weighted by Gasteiger charge is -2.13. The van der Waals surface area contributed by atoms with Crippen LogP contribution in [-0.2, 0) is 6.54 Å². The van der Waals surface area contributed by atoms with Gasteiger partial charge < -0.3 is 4.98 Å². The molecule has 0 aromatic carbocycles. The van der Waals surface area contributed by atoms with Gasteiger partial charge in [-0.25, -0.2) is 4.79 Å². The minimum atomic E-state index is -0.557. The first-order chi connectivity index (χ1) is 10.1. The molecule has 0 aliphatic heterocycles. The molecule has 112 valence electrons. The second-order valence-electron chi connectivity index (χ2n) is 5.20. The molecule has 1 fully saturated rings. The van der Waals surface area contributed by atoms with Crippen molar-refractivity contribution in [3.05, 3.63) is 52.3 Å². The van der Waals surface area contributed by atoms with Crippen molar-refractivity contribution in [1.82, 2.24) is 14.5 Å². The summed E-state index contributed by atoms with van der Waals surface area (Å²) in [7, 11) is 0. The van der Waals surface area contributed by atoms with E-state index in [1.54, 1.807) is 5.38 Å². The van der Waals surface area contributed by atoms with Crippen molar-refractivity contribution in [2.75, 3.05) is 0 Å². The van der Waals surface area contributed by atoms with Crippen molar-refractivity contribution in [2.45, 2.75) is 38.1 Å². The number of hydrogen-bond acceptors (Lipinski definition) is 4. The summed E-state index contributed by atoms with van der Waals surface area (Å²) >= 11 is 7.07. The third-order valence-electron chi connectivity index (χ3n) is 3.84. The van der Waals surface area contributed by atoms with E-state index in [4.69, 9.17) is 11.6 Å². The molecular formula is C13H14ClN3O3S. The van der Waals surface area contributed by atoms with E-state index in [2.05, 4.69) is 9.97 Å². The fourth-order valence-corrected chi connectivity index (χ4v) is 3.72. The highest BCUT2D eigenvalue weighted by Crippen LogP contribution is 2.34. The Morgan fingerprint density at radius 2 is 1.95 bits per heavy atom. The van der Waals surface area contributed by atoms with E-state index in [1.165, 1.54) is 0 Å². The molecule has 0 spiro atoms. The molecule has 21 heavy (non-hydrogen) atoms. The first kappa shape index (κ1) is 14.3. The van der Waals surface area contributed by atoms with Crippen molar-refractivity contribution >= 4 is 22.9 Å². The normalized spacial score (nSPS) is 15.7. The van der Waals surface area contributed by atoms with E-state index in [0.717, 1.165) is 41.6 Å². The maximum atomic E-state index is 12.6. The summed E-state index contributed by atoms with van der Waals surface area (Å²) in [5.41, 5.74) is 0.116. The molecule has 0 amide bonds. The number of nitrogens with zero attached hydrogens (tertiary/aromatic N) is 1. The lowest BCUT2D eigenvalue weighted by Crippen LogP contribution is -2.38. The van der Waals surface area contributed by atoms with Gasteiger partial charge in [0.1, 0.15) is 5.15 Å². The fourth-order valence-electron chi connectivity index (χ4n) is 2.83. The molecule has 0 saturated heterocycles. The Labute approximate surface area is 128 Å². The fraction of sp³-hybridized carbons (Fsp3) is 0.462. The standard InChI is InChI=1S/C13H14ClN3O3S/c14-10-9(7-3-1-2-4-7)11(18)17(12(19)16-10)5-8-6-21-13(20)15-8/h6-7H,1-5H2,(H,15,20)(H,16,19). The van der Waals surface area contributed by atoms with Crippen LogP contribution in [0, 0.1) is 0 Å². The second-order valence-corrected chi connectivity index (χ2v) is 6.42. The van der Waals surface area contributed by atoms with Crippen molar-refractivity contribution in [2.24, 2.45) is 0 Å². The molecule has 8 heteroatoms. The van der Waals surface area contributed by atoms with Crippen LogP contribution < -0.4 is 16.1 Å². The van der Waals surface area contributed by atoms with Gasteiger partial charge in [-0.05, 0) is 18.8 Å². The minimum Gasteiger partial charge on any atom is -0.315 e. The van der Waals surface area contributed by atoms with Crippen molar-refractivity contribution in [3.8, 4) is 0 Å². The number of rotatable bonds is 3. The first-order valence-electron chi connectivity index (χ1n) is 6.75. The monoisotopic (exact) mass is 327 g/mol. The van der Waals surface area contributed by atoms with Gasteiger partial charge in [-0.2, -0.15) is 0 Å². The molecule has 1 aliphatic carbocycles. The van der Waals surface area contributed by atoms with Gasteiger partial charge in [-0.1, -0.05) is 35.8 Å². The third-order valence-corrected chi connectivity index (χ3v) is 4.85. The van der Waals surface area contributed by atoms with E-state index in [0.29, 0.717) is 11.3 Å². The molecular weight excluding hydrogens is 314 g/mol. The Balaban J connectivity index is 2.07. The van der Waals surface area contributed by atoms with E-state index in [9.17, 15) is 14.4 Å². The number of aromatic nitrogens is 3. The second kappa shape index (κ2) is 5.65. The van der Waals surface area contributed by atoms with Crippen LogP contribution in [-0.4, -0.2) is 14.5 Å². The smallest absolute Gasteiger partial charge is 0.315 e. The Bertz CT molecular complexity index is 826. The number of aromatic amines is 2. The number of hydrogen-bond donors (Lipinski definition) is 2. The molecule has 0 bridgehead atoms. The molecule has 0 radical (unpaired) electrons. The van der Waals surface area contributed by atoms with Crippen molar-refractivity contribution in [1.29, 1.82) is 0 Å². The predicted octanol–water partition coefficient (Wildman–Crippen LogP) is 1.65. The summed E-state index contributed by atoms with van der Waals surface area (Å²) in [5, 5.41) is 1.75. The average Bonchev–Trinajstić information content (AvgIpc) is 3.06. The summed E-state index contributed by atoms with van der Waals surface area (Å²) in [6.45, 7) is 0.0454. The lowest BCUT2D eigenvalue weighted by molar-refractivity contribution is 0.635. The van der Waals surface area contributed by atoms with Crippen LogP contribution in [0.5, 0.6) is 0 Å². The molecule has 2 heterocycles. The van der Waals surface area contributed by atoms with Gasteiger partial charge in [-0.3, -0.25) is 19.1 Å². The molecule has 2 aromatic rings. The summed E-state index contributed by atoms with van der Waals surface area (Å²) in [5.74, 6) is 0.106. The first-order valence-corrected chi connectivity index (χ1v) is 8.01. The number of thiazole rings is 1. The molecule has 1 saturated carbocycles. The highest BCUT2D eigenvalue weighted by molar-refractivity contribution is 7.07. The summed E-state index contributed by atoms with van der Waals surface area (Å²) in [6, 6.07) is 0. The zero-order valence-electron chi connectivity index (χ0n) is 11.1. The molecule has 2 aromatic heterocycles. The largest absolute Gasteiger partial charge is 0.329 e. The highest BCUT2D eigenvalue weighted by atomic mass is 35.5. The Morgan fingerprint density at radius 1 is 1.24 bits per heavy atom. The highest BCUT2D eigenvalue weighted by Gasteiger charge is 2.25. The van der Waals surface area contributed by atoms with Gasteiger partial charge in [-0.15, -0.1) is 0 Å². The summed E-state index contributed by atoms with van der Waals surface area (Å²) in [4.78, 5) is 40.6. The van der Waals surface area contributed by atoms with Gasteiger partial charge in [0.25, 0.3) is 5.56 Å².